The molecular formula is C9H13N3O. The van der Waals surface area contributed by atoms with Crippen molar-refractivity contribution in [1.29, 1.82) is 0 Å². The Hall–Kier alpha value is -1.39. The van der Waals surface area contributed by atoms with Gasteiger partial charge in [-0.1, -0.05) is 25.1 Å². The molecule has 1 aromatic carbocycles. The van der Waals surface area contributed by atoms with Gasteiger partial charge in [0.25, 0.3) is 5.91 Å². The molecule has 0 unspecified atom stereocenters. The second-order valence-corrected chi connectivity index (χ2v) is 2.55. The third kappa shape index (κ3) is 2.54. The minimum absolute atomic E-state index is 0.234. The molecule has 0 aliphatic carbocycles. The number of nitrogens with one attached hydrogen (secondary N) is 1. The van der Waals surface area contributed by atoms with Gasteiger partial charge < -0.3 is 0 Å². The van der Waals surface area contributed by atoms with Gasteiger partial charge in [-0.25, -0.2) is 16.4 Å². The van der Waals surface area contributed by atoms with Crippen molar-refractivity contribution in [1.82, 2.24) is 10.5 Å². The summed E-state index contributed by atoms with van der Waals surface area (Å²) in [5, 5.41) is 0.995. The number of carbonyl (C=O) groups is 1. The van der Waals surface area contributed by atoms with Crippen LogP contribution in [-0.2, 0) is 0 Å². The summed E-state index contributed by atoms with van der Waals surface area (Å²) in [6, 6.07) is 8.89. The number of amides is 1. The molecule has 0 fully saturated rings. The zero-order valence-corrected chi connectivity index (χ0v) is 7.53. The second kappa shape index (κ2) is 4.59. The van der Waals surface area contributed by atoms with E-state index in [0.29, 0.717) is 12.1 Å². The van der Waals surface area contributed by atoms with Crippen LogP contribution >= 0.6 is 0 Å². The lowest BCUT2D eigenvalue weighted by molar-refractivity contribution is 0.0663. The number of carbonyl (C=O) groups excluding carboxylic acids is 1. The first-order chi connectivity index (χ1) is 6.25. The summed E-state index contributed by atoms with van der Waals surface area (Å²) < 4.78 is 0. The summed E-state index contributed by atoms with van der Waals surface area (Å²) in [5.74, 6) is 5.20. The second-order valence-electron chi connectivity index (χ2n) is 2.55. The van der Waals surface area contributed by atoms with E-state index in [2.05, 4.69) is 5.43 Å². The van der Waals surface area contributed by atoms with Gasteiger partial charge in [0.15, 0.2) is 0 Å². The molecule has 0 atom stereocenters. The van der Waals surface area contributed by atoms with Crippen LogP contribution in [0.15, 0.2) is 30.3 Å². The van der Waals surface area contributed by atoms with E-state index >= 15 is 0 Å². The summed E-state index contributed by atoms with van der Waals surface area (Å²) >= 11 is 0. The molecule has 0 aromatic heterocycles. The molecule has 0 aliphatic rings. The van der Waals surface area contributed by atoms with E-state index in [9.17, 15) is 4.79 Å². The van der Waals surface area contributed by atoms with Crippen molar-refractivity contribution in [3.63, 3.8) is 0 Å². The number of hydrogen-bond acceptors (Lipinski definition) is 3. The summed E-state index contributed by atoms with van der Waals surface area (Å²) in [7, 11) is 0. The molecule has 0 saturated carbocycles. The number of nitrogens with two attached hydrogens (primary N) is 1. The molecule has 0 radical (unpaired) electrons. The van der Waals surface area contributed by atoms with Gasteiger partial charge in [-0.3, -0.25) is 4.79 Å². The van der Waals surface area contributed by atoms with Crippen molar-refractivity contribution in [3.8, 4) is 0 Å². The van der Waals surface area contributed by atoms with Crippen LogP contribution < -0.4 is 11.3 Å². The fourth-order valence-electron chi connectivity index (χ4n) is 0.962. The molecule has 4 heteroatoms. The van der Waals surface area contributed by atoms with Crippen LogP contribution in [0.4, 0.5) is 0 Å². The van der Waals surface area contributed by atoms with Crippen molar-refractivity contribution < 1.29 is 4.79 Å². The van der Waals surface area contributed by atoms with Crippen molar-refractivity contribution in [3.05, 3.63) is 35.9 Å². The highest BCUT2D eigenvalue weighted by molar-refractivity contribution is 5.93. The van der Waals surface area contributed by atoms with Crippen LogP contribution in [0.5, 0.6) is 0 Å². The first-order valence-electron chi connectivity index (χ1n) is 4.13. The zero-order valence-electron chi connectivity index (χ0n) is 7.53. The van der Waals surface area contributed by atoms with Gasteiger partial charge >= 0.3 is 0 Å². The minimum atomic E-state index is -0.234. The Labute approximate surface area is 77.3 Å². The van der Waals surface area contributed by atoms with Crippen LogP contribution in [0.2, 0.25) is 0 Å². The molecule has 1 aromatic rings. The Kier molecular flexibility index (Phi) is 3.42. The van der Waals surface area contributed by atoms with Crippen LogP contribution in [0.1, 0.15) is 17.3 Å². The van der Waals surface area contributed by atoms with Gasteiger partial charge in [0.1, 0.15) is 0 Å². The number of hydrogen-bond donors (Lipinski definition) is 2. The molecule has 13 heavy (non-hydrogen) atoms. The molecular weight excluding hydrogens is 166 g/mol. The molecule has 0 saturated heterocycles. The summed E-state index contributed by atoms with van der Waals surface area (Å²) in [6.45, 7) is 2.49. The number of nitrogens with zero attached hydrogens (tertiary/aromatic N) is 1. The van der Waals surface area contributed by atoms with Gasteiger partial charge in [-0.05, 0) is 12.1 Å². The van der Waals surface area contributed by atoms with E-state index < -0.39 is 0 Å². The average molecular weight is 179 g/mol. The van der Waals surface area contributed by atoms with Crippen LogP contribution in [0, 0.1) is 0 Å². The molecule has 3 N–H and O–H groups in total. The molecule has 0 spiro atoms. The largest absolute Gasteiger partial charge is 0.282 e. The zero-order chi connectivity index (χ0) is 9.68. The topological polar surface area (TPSA) is 58.4 Å². The predicted octanol–water partition coefficient (Wildman–Crippen LogP) is 0.527. The number of rotatable bonds is 3. The summed E-state index contributed by atoms with van der Waals surface area (Å²) in [5.41, 5.74) is 3.28. The Morgan fingerprint density at radius 1 is 1.46 bits per heavy atom. The van der Waals surface area contributed by atoms with E-state index in [1.165, 1.54) is 0 Å². The maximum absolute atomic E-state index is 11.5. The lowest BCUT2D eigenvalue weighted by Gasteiger charge is -2.15. The predicted molar refractivity (Wildman–Crippen MR) is 50.5 cm³/mol. The van der Waals surface area contributed by atoms with E-state index in [-0.39, 0.29) is 5.91 Å². The molecule has 70 valence electrons. The number of benzene rings is 1. The Balaban J connectivity index is 2.68. The minimum Gasteiger partial charge on any atom is -0.266 e. The van der Waals surface area contributed by atoms with Crippen molar-refractivity contribution in [2.24, 2.45) is 5.84 Å². The van der Waals surface area contributed by atoms with Crippen LogP contribution in [-0.4, -0.2) is 17.6 Å². The third-order valence-electron chi connectivity index (χ3n) is 1.57. The summed E-state index contributed by atoms with van der Waals surface area (Å²) in [6.07, 6.45) is 0. The van der Waals surface area contributed by atoms with Gasteiger partial charge in [-0.15, -0.1) is 0 Å². The highest BCUT2D eigenvalue weighted by Gasteiger charge is 2.09. The van der Waals surface area contributed by atoms with Crippen molar-refractivity contribution in [2.75, 3.05) is 6.54 Å². The van der Waals surface area contributed by atoms with E-state index in [1.807, 2.05) is 13.0 Å². The third-order valence-corrected chi connectivity index (χ3v) is 1.57. The molecule has 4 nitrogen and oxygen atoms in total. The van der Waals surface area contributed by atoms with Crippen molar-refractivity contribution >= 4 is 5.91 Å². The average Bonchev–Trinajstić information content (AvgIpc) is 2.18. The first-order valence-corrected chi connectivity index (χ1v) is 4.13. The standard InChI is InChI=1S/C9H13N3O/c1-2-11-12(10)9(13)8-6-4-3-5-7-8/h3-7,11H,2,10H2,1H3. The SMILES string of the molecule is CCNN(N)C(=O)c1ccccc1. The fourth-order valence-corrected chi connectivity index (χ4v) is 0.962. The first kappa shape index (κ1) is 9.70. The van der Waals surface area contributed by atoms with Crippen molar-refractivity contribution in [2.45, 2.75) is 6.92 Å². The highest BCUT2D eigenvalue weighted by Crippen LogP contribution is 1.99. The maximum Gasteiger partial charge on any atom is 0.282 e. The Bertz CT molecular complexity index is 273. The Morgan fingerprint density at radius 2 is 2.08 bits per heavy atom. The monoisotopic (exact) mass is 179 g/mol. The maximum atomic E-state index is 11.5. The van der Waals surface area contributed by atoms with E-state index in [4.69, 9.17) is 5.84 Å². The smallest absolute Gasteiger partial charge is 0.266 e. The van der Waals surface area contributed by atoms with Gasteiger partial charge in [0.2, 0.25) is 0 Å². The van der Waals surface area contributed by atoms with Crippen LogP contribution in [0.25, 0.3) is 0 Å². The van der Waals surface area contributed by atoms with E-state index in [0.717, 1.165) is 5.12 Å². The molecule has 1 rings (SSSR count). The molecule has 0 heterocycles. The van der Waals surface area contributed by atoms with Gasteiger partial charge in [0, 0.05) is 12.1 Å². The molecule has 0 aliphatic heterocycles. The molecule has 1 amide bonds. The van der Waals surface area contributed by atoms with Crippen LogP contribution in [0.3, 0.4) is 0 Å². The molecule has 0 bridgehead atoms. The Morgan fingerprint density at radius 3 is 2.62 bits per heavy atom. The lowest BCUT2D eigenvalue weighted by atomic mass is 10.2. The van der Waals surface area contributed by atoms with Gasteiger partial charge in [-0.2, -0.15) is 0 Å². The van der Waals surface area contributed by atoms with Gasteiger partial charge in [0.05, 0.1) is 0 Å². The highest BCUT2D eigenvalue weighted by atomic mass is 16.2. The quantitative estimate of drug-likeness (QED) is 0.404. The van der Waals surface area contributed by atoms with E-state index in [1.54, 1.807) is 24.3 Å². The summed E-state index contributed by atoms with van der Waals surface area (Å²) in [4.78, 5) is 11.5. The normalized spacial score (nSPS) is 9.69. The number of hydrazine groups is 2. The fraction of sp³-hybridized carbons (Fsp3) is 0.222. The lowest BCUT2D eigenvalue weighted by Crippen LogP contribution is -2.47.